The maximum Gasteiger partial charge on any atom is 0.277 e. The van der Waals surface area contributed by atoms with Gasteiger partial charge in [0.05, 0.1) is 16.3 Å². The number of nitrogens with zero attached hydrogens (tertiary/aromatic N) is 4. The van der Waals surface area contributed by atoms with E-state index >= 15 is 0 Å². The van der Waals surface area contributed by atoms with Crippen molar-refractivity contribution >= 4 is 35.0 Å². The van der Waals surface area contributed by atoms with E-state index < -0.39 is 0 Å². The first-order valence-corrected chi connectivity index (χ1v) is 10.2. The first kappa shape index (κ1) is 19.8. The molecule has 10 heteroatoms. The molecule has 4 aromatic rings. The van der Waals surface area contributed by atoms with Gasteiger partial charge in [0, 0.05) is 5.02 Å². The summed E-state index contributed by atoms with van der Waals surface area (Å²) in [6.07, 6.45) is 0. The molecule has 2 aromatic heterocycles. The Labute approximate surface area is 180 Å². The molecule has 0 N–H and O–H groups in total. The highest BCUT2D eigenvalue weighted by Gasteiger charge is 2.14. The van der Waals surface area contributed by atoms with Crippen LogP contribution < -0.4 is 4.74 Å². The highest BCUT2D eigenvalue weighted by atomic mass is 35.5. The van der Waals surface area contributed by atoms with Gasteiger partial charge in [-0.2, -0.15) is 0 Å². The number of ether oxygens (including phenoxy) is 1. The smallest absolute Gasteiger partial charge is 0.277 e. The lowest BCUT2D eigenvalue weighted by Crippen LogP contribution is -1.95. The molecular formula is C19H14Cl2N4O3S. The van der Waals surface area contributed by atoms with Crippen molar-refractivity contribution in [2.75, 3.05) is 0 Å². The van der Waals surface area contributed by atoms with E-state index in [1.807, 2.05) is 31.2 Å². The van der Waals surface area contributed by atoms with Crippen LogP contribution in [0, 0.1) is 6.92 Å². The van der Waals surface area contributed by atoms with Gasteiger partial charge in [-0.25, -0.2) is 0 Å². The first-order chi connectivity index (χ1) is 14.1. The van der Waals surface area contributed by atoms with Crippen LogP contribution >= 0.6 is 35.0 Å². The van der Waals surface area contributed by atoms with Crippen LogP contribution in [-0.4, -0.2) is 20.4 Å². The third-order valence-corrected chi connectivity index (χ3v) is 5.10. The van der Waals surface area contributed by atoms with Gasteiger partial charge in [-0.1, -0.05) is 47.1 Å². The van der Waals surface area contributed by atoms with E-state index in [0.29, 0.717) is 44.3 Å². The zero-order chi connectivity index (χ0) is 20.2. The van der Waals surface area contributed by atoms with Crippen molar-refractivity contribution in [2.45, 2.75) is 24.5 Å². The van der Waals surface area contributed by atoms with Crippen molar-refractivity contribution in [3.63, 3.8) is 0 Å². The molecule has 7 nitrogen and oxygen atoms in total. The van der Waals surface area contributed by atoms with Crippen molar-refractivity contribution in [2.24, 2.45) is 0 Å². The molecule has 0 atom stereocenters. The van der Waals surface area contributed by atoms with Crippen LogP contribution in [0.5, 0.6) is 5.75 Å². The van der Waals surface area contributed by atoms with Gasteiger partial charge in [-0.05, 0) is 42.8 Å². The molecule has 0 saturated heterocycles. The topological polar surface area (TPSA) is 87.1 Å². The molecule has 0 spiro atoms. The Morgan fingerprint density at radius 2 is 1.83 bits per heavy atom. The van der Waals surface area contributed by atoms with Crippen molar-refractivity contribution in [1.29, 1.82) is 0 Å². The maximum atomic E-state index is 6.17. The van der Waals surface area contributed by atoms with Gasteiger partial charge in [-0.3, -0.25) is 0 Å². The van der Waals surface area contributed by atoms with E-state index in [-0.39, 0.29) is 6.61 Å². The summed E-state index contributed by atoms with van der Waals surface area (Å²) in [6.45, 7) is 2.19. The van der Waals surface area contributed by atoms with E-state index in [4.69, 9.17) is 36.8 Å². The molecule has 0 fully saturated rings. The molecule has 0 amide bonds. The largest absolute Gasteiger partial charge is 0.484 e. The number of halogens is 2. The summed E-state index contributed by atoms with van der Waals surface area (Å²) >= 11 is 13.4. The zero-order valence-electron chi connectivity index (χ0n) is 15.1. The van der Waals surface area contributed by atoms with E-state index in [2.05, 4.69) is 20.4 Å². The molecule has 0 bridgehead atoms. The molecule has 148 valence electrons. The van der Waals surface area contributed by atoms with Crippen LogP contribution in [0.2, 0.25) is 10.0 Å². The van der Waals surface area contributed by atoms with Gasteiger partial charge < -0.3 is 13.6 Å². The monoisotopic (exact) mass is 448 g/mol. The maximum absolute atomic E-state index is 6.17. The van der Waals surface area contributed by atoms with Gasteiger partial charge in [0.2, 0.25) is 11.8 Å². The molecule has 29 heavy (non-hydrogen) atoms. The van der Waals surface area contributed by atoms with Crippen LogP contribution in [0.15, 0.2) is 56.5 Å². The summed E-state index contributed by atoms with van der Waals surface area (Å²) < 4.78 is 16.9. The predicted octanol–water partition coefficient (Wildman–Crippen LogP) is 5.61. The highest BCUT2D eigenvalue weighted by Crippen LogP contribution is 2.30. The molecule has 2 heterocycles. The SMILES string of the molecule is Cc1cccc(OCc2nnc(SCc3nnc(-c4ccc(Cl)cc4Cl)o3)o2)c1. The van der Waals surface area contributed by atoms with Crippen LogP contribution in [0.25, 0.3) is 11.5 Å². The van der Waals surface area contributed by atoms with Gasteiger partial charge in [0.15, 0.2) is 6.61 Å². The minimum atomic E-state index is 0.191. The lowest BCUT2D eigenvalue weighted by molar-refractivity contribution is 0.252. The second-order valence-corrected chi connectivity index (χ2v) is 7.75. The number of aromatic nitrogens is 4. The van der Waals surface area contributed by atoms with Gasteiger partial charge in [0.25, 0.3) is 11.1 Å². The fourth-order valence-electron chi connectivity index (χ4n) is 2.41. The van der Waals surface area contributed by atoms with E-state index in [0.717, 1.165) is 11.3 Å². The van der Waals surface area contributed by atoms with Crippen LogP contribution in [-0.2, 0) is 12.4 Å². The third kappa shape index (κ3) is 5.09. The van der Waals surface area contributed by atoms with Gasteiger partial charge in [0.1, 0.15) is 5.75 Å². The average Bonchev–Trinajstić information content (AvgIpc) is 3.34. The first-order valence-electron chi connectivity index (χ1n) is 8.49. The molecule has 0 aliphatic carbocycles. The Morgan fingerprint density at radius 1 is 0.966 bits per heavy atom. The Balaban J connectivity index is 1.33. The van der Waals surface area contributed by atoms with Crippen LogP contribution in [0.3, 0.4) is 0 Å². The van der Waals surface area contributed by atoms with E-state index in [1.54, 1.807) is 18.2 Å². The molecule has 0 radical (unpaired) electrons. The van der Waals surface area contributed by atoms with E-state index in [1.165, 1.54) is 11.8 Å². The lowest BCUT2D eigenvalue weighted by atomic mass is 10.2. The quantitative estimate of drug-likeness (QED) is 0.337. The molecule has 4 rings (SSSR count). The summed E-state index contributed by atoms with van der Waals surface area (Å²) in [4.78, 5) is 0. The molecule has 0 saturated carbocycles. The van der Waals surface area contributed by atoms with Crippen molar-refractivity contribution in [3.05, 3.63) is 69.9 Å². The second-order valence-electron chi connectivity index (χ2n) is 5.98. The average molecular weight is 449 g/mol. The van der Waals surface area contributed by atoms with Crippen molar-refractivity contribution in [3.8, 4) is 17.2 Å². The molecule has 2 aromatic carbocycles. The van der Waals surface area contributed by atoms with Crippen LogP contribution in [0.4, 0.5) is 0 Å². The molecule has 0 aliphatic heterocycles. The fourth-order valence-corrected chi connectivity index (χ4v) is 3.52. The lowest BCUT2D eigenvalue weighted by Gasteiger charge is -2.03. The minimum absolute atomic E-state index is 0.191. The van der Waals surface area contributed by atoms with Crippen molar-refractivity contribution < 1.29 is 13.6 Å². The van der Waals surface area contributed by atoms with Gasteiger partial charge in [-0.15, -0.1) is 20.4 Å². The van der Waals surface area contributed by atoms with Crippen LogP contribution in [0.1, 0.15) is 17.3 Å². The molecular weight excluding hydrogens is 435 g/mol. The summed E-state index contributed by atoms with van der Waals surface area (Å²) in [5, 5.41) is 17.4. The predicted molar refractivity (Wildman–Crippen MR) is 109 cm³/mol. The molecule has 0 aliphatic rings. The van der Waals surface area contributed by atoms with Gasteiger partial charge >= 0.3 is 0 Å². The third-order valence-electron chi connectivity index (χ3n) is 3.75. The fraction of sp³-hybridized carbons (Fsp3) is 0.158. The number of thioether (sulfide) groups is 1. The number of hydrogen-bond donors (Lipinski definition) is 0. The van der Waals surface area contributed by atoms with Crippen molar-refractivity contribution in [1.82, 2.24) is 20.4 Å². The Hall–Kier alpha value is -2.55. The summed E-state index contributed by atoms with van der Waals surface area (Å²) in [5.74, 6) is 2.23. The number of benzene rings is 2. The number of hydrogen-bond acceptors (Lipinski definition) is 8. The number of rotatable bonds is 7. The Morgan fingerprint density at radius 3 is 2.66 bits per heavy atom. The number of aryl methyl sites for hydroxylation is 1. The molecule has 0 unspecified atom stereocenters. The zero-order valence-corrected chi connectivity index (χ0v) is 17.5. The highest BCUT2D eigenvalue weighted by molar-refractivity contribution is 7.98. The normalized spacial score (nSPS) is 11.0. The minimum Gasteiger partial charge on any atom is -0.484 e. The summed E-state index contributed by atoms with van der Waals surface area (Å²) in [7, 11) is 0. The standard InChI is InChI=1S/C19H14Cl2N4O3S/c1-11-3-2-4-13(7-11)26-9-16-22-25-19(28-16)29-10-17-23-24-18(27-17)14-6-5-12(20)8-15(14)21/h2-8H,9-10H2,1H3. The second kappa shape index (κ2) is 8.86. The summed E-state index contributed by atoms with van der Waals surface area (Å²) in [6, 6.07) is 12.8. The Bertz CT molecular complexity index is 1130. The summed E-state index contributed by atoms with van der Waals surface area (Å²) in [5.41, 5.74) is 1.73. The Kier molecular flexibility index (Phi) is 6.03. The van der Waals surface area contributed by atoms with E-state index in [9.17, 15) is 0 Å².